The molecule has 2 atom stereocenters. The number of carbonyl (C=O) groups is 2. The van der Waals surface area contributed by atoms with Crippen LogP contribution in [0.25, 0.3) is 0 Å². The van der Waals surface area contributed by atoms with Gasteiger partial charge in [0, 0.05) is 49.6 Å². The molecule has 6 heteroatoms. The minimum Gasteiger partial charge on any atom is -0.465 e. The van der Waals surface area contributed by atoms with Crippen LogP contribution in [0.1, 0.15) is 64.8 Å². The third kappa shape index (κ3) is 3.43. The Labute approximate surface area is 165 Å². The lowest BCUT2D eigenvalue weighted by Crippen LogP contribution is -2.47. The monoisotopic (exact) mass is 381 g/mol. The van der Waals surface area contributed by atoms with E-state index in [1.807, 2.05) is 22.8 Å². The number of piperidine rings is 1. The second-order valence-electron chi connectivity index (χ2n) is 8.27. The van der Waals surface area contributed by atoms with E-state index in [1.165, 1.54) is 0 Å². The Bertz CT molecular complexity index is 874. The Morgan fingerprint density at radius 2 is 1.86 bits per heavy atom. The average molecular weight is 381 g/mol. The van der Waals surface area contributed by atoms with Crippen LogP contribution >= 0.6 is 0 Å². The summed E-state index contributed by atoms with van der Waals surface area (Å²) in [6.07, 6.45) is 5.27. The molecule has 148 valence electrons. The number of pyridine rings is 1. The van der Waals surface area contributed by atoms with E-state index in [9.17, 15) is 9.59 Å². The molecule has 5 heterocycles. The van der Waals surface area contributed by atoms with Gasteiger partial charge >= 0.3 is 0 Å². The normalized spacial score (nSPS) is 21.9. The highest BCUT2D eigenvalue weighted by atomic mass is 16.3. The molecule has 3 saturated heterocycles. The van der Waals surface area contributed by atoms with Crippen molar-refractivity contribution in [1.29, 1.82) is 0 Å². The van der Waals surface area contributed by atoms with E-state index in [2.05, 4.69) is 18.8 Å². The molecule has 5 rings (SSSR count). The first-order chi connectivity index (χ1) is 13.4. The number of aryl methyl sites for hydroxylation is 1. The second-order valence-corrected chi connectivity index (χ2v) is 8.27. The number of hydrogen-bond donors (Lipinski definition) is 0. The van der Waals surface area contributed by atoms with E-state index in [0.717, 1.165) is 18.6 Å². The van der Waals surface area contributed by atoms with Crippen LogP contribution in [-0.4, -0.2) is 52.3 Å². The number of rotatable bonds is 3. The maximum atomic E-state index is 13.3. The number of fused-ring (bicyclic) bond motifs is 4. The Balaban J connectivity index is 1.55. The molecule has 0 aromatic carbocycles. The lowest BCUT2D eigenvalue weighted by atomic mass is 9.94. The van der Waals surface area contributed by atoms with Gasteiger partial charge < -0.3 is 14.2 Å². The molecule has 2 amide bonds. The number of carbonyl (C=O) groups excluding carboxylic acids is 2. The molecule has 3 aliphatic heterocycles. The van der Waals surface area contributed by atoms with Crippen LogP contribution < -0.4 is 0 Å². The minimum absolute atomic E-state index is 0.0233. The zero-order valence-electron chi connectivity index (χ0n) is 16.7. The van der Waals surface area contributed by atoms with Crippen molar-refractivity contribution in [2.45, 2.75) is 45.6 Å². The number of amides is 2. The topological polar surface area (TPSA) is 66.7 Å². The van der Waals surface area contributed by atoms with Gasteiger partial charge in [-0.25, -0.2) is 0 Å². The Hall–Kier alpha value is -2.63. The lowest BCUT2D eigenvalue weighted by Gasteiger charge is -2.36. The molecule has 0 saturated carbocycles. The SMILES string of the molecule is Cc1oc(C(C)C)cc1C(=O)N1C[C@@H]2CC[C@H]1CN(C(=O)c1ccncc1)C2. The van der Waals surface area contributed by atoms with Crippen molar-refractivity contribution in [1.82, 2.24) is 14.8 Å². The van der Waals surface area contributed by atoms with Gasteiger partial charge in [0.2, 0.25) is 0 Å². The van der Waals surface area contributed by atoms with Crippen molar-refractivity contribution >= 4 is 11.8 Å². The third-order valence-corrected chi connectivity index (χ3v) is 5.93. The van der Waals surface area contributed by atoms with Gasteiger partial charge in [-0.3, -0.25) is 14.6 Å². The summed E-state index contributed by atoms with van der Waals surface area (Å²) in [6.45, 7) is 7.95. The molecule has 2 bridgehead atoms. The first-order valence-electron chi connectivity index (χ1n) is 10.0. The largest absolute Gasteiger partial charge is 0.465 e. The van der Waals surface area contributed by atoms with Crippen LogP contribution in [0.5, 0.6) is 0 Å². The van der Waals surface area contributed by atoms with Crippen molar-refractivity contribution < 1.29 is 14.0 Å². The second kappa shape index (κ2) is 7.41. The summed E-state index contributed by atoms with van der Waals surface area (Å²) in [5.74, 6) is 2.13. The highest BCUT2D eigenvalue weighted by Crippen LogP contribution is 2.31. The van der Waals surface area contributed by atoms with E-state index in [4.69, 9.17) is 4.42 Å². The van der Waals surface area contributed by atoms with E-state index in [1.54, 1.807) is 24.5 Å². The van der Waals surface area contributed by atoms with Crippen LogP contribution in [0.3, 0.4) is 0 Å². The number of furan rings is 1. The molecule has 28 heavy (non-hydrogen) atoms. The number of nitrogens with zero attached hydrogens (tertiary/aromatic N) is 3. The fraction of sp³-hybridized carbons (Fsp3) is 0.500. The summed E-state index contributed by atoms with van der Waals surface area (Å²) in [5, 5.41) is 0. The summed E-state index contributed by atoms with van der Waals surface area (Å²) in [5.41, 5.74) is 1.31. The molecule has 3 aliphatic rings. The van der Waals surface area contributed by atoms with Gasteiger partial charge in [-0.2, -0.15) is 0 Å². The predicted octanol–water partition coefficient (Wildman–Crippen LogP) is 3.48. The molecule has 0 radical (unpaired) electrons. The van der Waals surface area contributed by atoms with Crippen molar-refractivity contribution in [3.63, 3.8) is 0 Å². The van der Waals surface area contributed by atoms with Crippen molar-refractivity contribution in [3.05, 3.63) is 53.2 Å². The maximum absolute atomic E-state index is 13.3. The zero-order valence-corrected chi connectivity index (χ0v) is 16.7. The highest BCUT2D eigenvalue weighted by molar-refractivity contribution is 5.96. The zero-order chi connectivity index (χ0) is 19.8. The van der Waals surface area contributed by atoms with Gasteiger partial charge in [0.05, 0.1) is 5.56 Å². The molecule has 2 aromatic rings. The first-order valence-corrected chi connectivity index (χ1v) is 10.0. The molecule has 0 spiro atoms. The fourth-order valence-electron chi connectivity index (χ4n) is 4.33. The average Bonchev–Trinajstić information content (AvgIpc) is 2.88. The molecule has 2 aromatic heterocycles. The van der Waals surface area contributed by atoms with Crippen LogP contribution in [0.4, 0.5) is 0 Å². The Kier molecular flexibility index (Phi) is 4.96. The van der Waals surface area contributed by atoms with E-state index in [0.29, 0.717) is 42.4 Å². The number of hydrogen-bond acceptors (Lipinski definition) is 4. The van der Waals surface area contributed by atoms with Gasteiger partial charge in [-0.05, 0) is 43.9 Å². The van der Waals surface area contributed by atoms with Crippen molar-refractivity contribution in [3.8, 4) is 0 Å². The first kappa shape index (κ1) is 18.7. The highest BCUT2D eigenvalue weighted by Gasteiger charge is 2.39. The molecule has 0 N–H and O–H groups in total. The van der Waals surface area contributed by atoms with E-state index < -0.39 is 0 Å². The quantitative estimate of drug-likeness (QED) is 0.816. The van der Waals surface area contributed by atoms with Crippen LogP contribution in [0.2, 0.25) is 0 Å². The van der Waals surface area contributed by atoms with Gasteiger partial charge in [0.1, 0.15) is 11.5 Å². The smallest absolute Gasteiger partial charge is 0.257 e. The van der Waals surface area contributed by atoms with Crippen molar-refractivity contribution in [2.75, 3.05) is 19.6 Å². The summed E-state index contributed by atoms with van der Waals surface area (Å²) in [6, 6.07) is 5.44. The maximum Gasteiger partial charge on any atom is 0.257 e. The Morgan fingerprint density at radius 3 is 2.54 bits per heavy atom. The van der Waals surface area contributed by atoms with Gasteiger partial charge in [-0.1, -0.05) is 13.8 Å². The van der Waals surface area contributed by atoms with Crippen LogP contribution in [-0.2, 0) is 0 Å². The molecule has 0 aliphatic carbocycles. The third-order valence-electron chi connectivity index (χ3n) is 5.93. The molecule has 3 fully saturated rings. The van der Waals surface area contributed by atoms with Crippen molar-refractivity contribution in [2.24, 2.45) is 5.92 Å². The minimum atomic E-state index is 0.0233. The molecular formula is C22H27N3O3. The van der Waals surface area contributed by atoms with Crippen LogP contribution in [0, 0.1) is 12.8 Å². The standard InChI is InChI=1S/C22H27N3O3/c1-14(2)20-10-19(15(3)28-20)22(27)25-12-16-4-5-18(25)13-24(11-16)21(26)17-6-8-23-9-7-17/h6-10,14,16,18H,4-5,11-13H2,1-3H3/t16-,18+/m1/s1. The predicted molar refractivity (Wildman–Crippen MR) is 105 cm³/mol. The summed E-state index contributed by atoms with van der Waals surface area (Å²) in [4.78, 5) is 34.1. The molecule has 6 nitrogen and oxygen atoms in total. The molecular weight excluding hydrogens is 354 g/mol. The van der Waals surface area contributed by atoms with Crippen LogP contribution in [0.15, 0.2) is 35.0 Å². The summed E-state index contributed by atoms with van der Waals surface area (Å²) < 4.78 is 5.80. The fourth-order valence-corrected chi connectivity index (χ4v) is 4.33. The lowest BCUT2D eigenvalue weighted by molar-refractivity contribution is 0.0572. The molecule has 0 unspecified atom stereocenters. The van der Waals surface area contributed by atoms with Gasteiger partial charge in [0.15, 0.2) is 0 Å². The van der Waals surface area contributed by atoms with E-state index >= 15 is 0 Å². The van der Waals surface area contributed by atoms with Gasteiger partial charge in [0.25, 0.3) is 11.8 Å². The summed E-state index contributed by atoms with van der Waals surface area (Å²) in [7, 11) is 0. The summed E-state index contributed by atoms with van der Waals surface area (Å²) >= 11 is 0. The number of aromatic nitrogens is 1. The van der Waals surface area contributed by atoms with Gasteiger partial charge in [-0.15, -0.1) is 0 Å². The van der Waals surface area contributed by atoms with E-state index in [-0.39, 0.29) is 23.8 Å². The Morgan fingerprint density at radius 1 is 1.11 bits per heavy atom.